The first-order valence-electron chi connectivity index (χ1n) is 8.87. The van der Waals surface area contributed by atoms with Crippen LogP contribution in [-0.2, 0) is 6.54 Å². The van der Waals surface area contributed by atoms with E-state index in [-0.39, 0.29) is 0 Å². The quantitative estimate of drug-likeness (QED) is 0.515. The van der Waals surface area contributed by atoms with Gasteiger partial charge in [-0.2, -0.15) is 10.4 Å². The van der Waals surface area contributed by atoms with Crippen LogP contribution in [0.2, 0.25) is 0 Å². The lowest BCUT2D eigenvalue weighted by molar-refractivity contribution is 0.689. The highest BCUT2D eigenvalue weighted by Crippen LogP contribution is 2.31. The number of fused-ring (bicyclic) bond motifs is 2. The molecule has 7 heteroatoms. The fourth-order valence-electron chi connectivity index (χ4n) is 3.06. The fourth-order valence-corrected chi connectivity index (χ4v) is 3.81. The number of nitrogens with zero attached hydrogens (tertiary/aromatic N) is 4. The van der Waals surface area contributed by atoms with Crippen LogP contribution in [0.3, 0.4) is 0 Å². The predicted octanol–water partition coefficient (Wildman–Crippen LogP) is 4.39. The van der Waals surface area contributed by atoms with Crippen molar-refractivity contribution in [3.63, 3.8) is 0 Å². The van der Waals surface area contributed by atoms with E-state index in [9.17, 15) is 0 Å². The zero-order valence-corrected chi connectivity index (χ0v) is 16.7. The van der Waals surface area contributed by atoms with Gasteiger partial charge in [-0.15, -0.1) is 0 Å². The number of aromatic amines is 1. The van der Waals surface area contributed by atoms with E-state index >= 15 is 0 Å². The summed E-state index contributed by atoms with van der Waals surface area (Å²) in [7, 11) is 1.92. The van der Waals surface area contributed by atoms with Gasteiger partial charge in [0.25, 0.3) is 0 Å². The number of aryl methyl sites for hydroxylation is 1. The Morgan fingerprint density at radius 2 is 2.11 bits per heavy atom. The van der Waals surface area contributed by atoms with Gasteiger partial charge in [0.1, 0.15) is 11.8 Å². The van der Waals surface area contributed by atoms with E-state index in [0.717, 1.165) is 10.9 Å². The Bertz CT molecular complexity index is 1120. The molecule has 0 saturated carbocycles. The van der Waals surface area contributed by atoms with Crippen molar-refractivity contribution in [3.05, 3.63) is 53.5 Å². The number of hydrogen-bond donors (Lipinski definition) is 2. The van der Waals surface area contributed by atoms with Crippen molar-refractivity contribution in [2.45, 2.75) is 32.2 Å². The molecular formula is C20H22N6S. The van der Waals surface area contributed by atoms with Gasteiger partial charge in [-0.25, -0.2) is 4.98 Å². The number of nitrogens with one attached hydrogen (secondary N) is 2. The summed E-state index contributed by atoms with van der Waals surface area (Å²) in [5.41, 5.74) is 4.55. The van der Waals surface area contributed by atoms with E-state index in [1.54, 1.807) is 18.0 Å². The van der Waals surface area contributed by atoms with E-state index in [1.807, 2.05) is 44.0 Å². The second kappa shape index (κ2) is 8.25. The number of H-pyrrole nitrogens is 1. The molecule has 0 saturated heterocycles. The Morgan fingerprint density at radius 3 is 2.85 bits per heavy atom. The molecule has 0 aliphatic heterocycles. The molecule has 0 fully saturated rings. The molecule has 6 nitrogen and oxygen atoms in total. The lowest BCUT2D eigenvalue weighted by Crippen LogP contribution is -2.04. The topological polar surface area (TPSA) is 82.3 Å². The highest BCUT2D eigenvalue weighted by atomic mass is 32.2. The van der Waals surface area contributed by atoms with Crippen LogP contribution in [0.15, 0.2) is 41.6 Å². The smallest absolute Gasteiger partial charge is 0.182 e. The molecule has 0 bridgehead atoms. The molecule has 27 heavy (non-hydrogen) atoms. The SMILES string of the molecule is CC.CNSc1cc(C)c2[nH]ccc2c1Cn1cc2ccc(C#N)nc2n1. The van der Waals surface area contributed by atoms with Crippen LogP contribution in [-0.4, -0.2) is 26.8 Å². The Hall–Kier alpha value is -2.82. The maximum absolute atomic E-state index is 8.99. The molecule has 0 atom stereocenters. The van der Waals surface area contributed by atoms with Crippen LogP contribution >= 0.6 is 11.9 Å². The minimum atomic E-state index is 0.382. The third-order valence-electron chi connectivity index (χ3n) is 4.17. The van der Waals surface area contributed by atoms with Crippen molar-refractivity contribution >= 4 is 33.9 Å². The summed E-state index contributed by atoms with van der Waals surface area (Å²) in [6, 6.07) is 9.94. The molecule has 138 valence electrons. The molecule has 3 aromatic heterocycles. The summed E-state index contributed by atoms with van der Waals surface area (Å²) in [6.07, 6.45) is 3.94. The number of pyridine rings is 1. The highest BCUT2D eigenvalue weighted by molar-refractivity contribution is 7.97. The first-order valence-corrected chi connectivity index (χ1v) is 9.68. The first kappa shape index (κ1) is 19.0. The molecule has 0 amide bonds. The van der Waals surface area contributed by atoms with Crippen molar-refractivity contribution in [2.24, 2.45) is 0 Å². The van der Waals surface area contributed by atoms with Crippen LogP contribution in [0.25, 0.3) is 21.9 Å². The summed E-state index contributed by atoms with van der Waals surface area (Å²) in [4.78, 5) is 8.76. The second-order valence-electron chi connectivity index (χ2n) is 5.79. The summed E-state index contributed by atoms with van der Waals surface area (Å²) in [5.74, 6) is 0. The van der Waals surface area contributed by atoms with Crippen molar-refractivity contribution in [3.8, 4) is 6.07 Å². The second-order valence-corrected chi connectivity index (χ2v) is 6.84. The summed E-state index contributed by atoms with van der Waals surface area (Å²) in [6.45, 7) is 6.74. The zero-order valence-electron chi connectivity index (χ0n) is 15.9. The van der Waals surface area contributed by atoms with Gasteiger partial charge in [0.05, 0.1) is 6.54 Å². The van der Waals surface area contributed by atoms with Crippen LogP contribution < -0.4 is 4.72 Å². The first-order chi connectivity index (χ1) is 13.2. The number of hydrogen-bond acceptors (Lipinski definition) is 5. The average molecular weight is 379 g/mol. The van der Waals surface area contributed by atoms with Gasteiger partial charge in [-0.1, -0.05) is 13.8 Å². The van der Waals surface area contributed by atoms with E-state index in [1.165, 1.54) is 21.4 Å². The van der Waals surface area contributed by atoms with Gasteiger partial charge < -0.3 is 4.98 Å². The average Bonchev–Trinajstić information content (AvgIpc) is 3.33. The highest BCUT2D eigenvalue weighted by Gasteiger charge is 2.13. The largest absolute Gasteiger partial charge is 0.361 e. The van der Waals surface area contributed by atoms with Gasteiger partial charge in [-0.3, -0.25) is 9.40 Å². The molecule has 4 rings (SSSR count). The van der Waals surface area contributed by atoms with Crippen molar-refractivity contribution in [1.29, 1.82) is 5.26 Å². The Labute approximate surface area is 162 Å². The molecule has 0 radical (unpaired) electrons. The third kappa shape index (κ3) is 3.68. The van der Waals surface area contributed by atoms with Crippen LogP contribution in [0.5, 0.6) is 0 Å². The van der Waals surface area contributed by atoms with Gasteiger partial charge in [0.2, 0.25) is 0 Å². The molecule has 0 aliphatic carbocycles. The summed E-state index contributed by atoms with van der Waals surface area (Å²) in [5, 5.41) is 15.7. The molecule has 0 spiro atoms. The predicted molar refractivity (Wildman–Crippen MR) is 111 cm³/mol. The molecule has 0 aliphatic rings. The lowest BCUT2D eigenvalue weighted by atomic mass is 10.1. The van der Waals surface area contributed by atoms with Crippen LogP contribution in [0, 0.1) is 18.3 Å². The Morgan fingerprint density at radius 1 is 1.30 bits per heavy atom. The number of benzene rings is 1. The maximum Gasteiger partial charge on any atom is 0.182 e. The van der Waals surface area contributed by atoms with Crippen molar-refractivity contribution in [2.75, 3.05) is 7.05 Å². The molecule has 0 unspecified atom stereocenters. The normalized spacial score (nSPS) is 10.6. The maximum atomic E-state index is 8.99. The van der Waals surface area contributed by atoms with Crippen LogP contribution in [0.1, 0.15) is 30.7 Å². The van der Waals surface area contributed by atoms with Gasteiger partial charge >= 0.3 is 0 Å². The van der Waals surface area contributed by atoms with Crippen LogP contribution in [0.4, 0.5) is 0 Å². The number of nitriles is 1. The number of aromatic nitrogens is 4. The lowest BCUT2D eigenvalue weighted by Gasteiger charge is -2.12. The van der Waals surface area contributed by atoms with Gasteiger partial charge in [-0.05, 0) is 61.3 Å². The standard InChI is InChI=1S/C18H16N6S.C2H6/c1-11-7-16(25-20-2)15(14-5-6-21-17(11)14)10-24-9-12-3-4-13(8-19)22-18(12)23-24;1-2/h3-7,9,20-21H,10H2,1-2H3;1-2H3. The van der Waals surface area contributed by atoms with E-state index in [2.05, 4.69) is 44.9 Å². The minimum absolute atomic E-state index is 0.382. The summed E-state index contributed by atoms with van der Waals surface area (Å²) >= 11 is 1.60. The van der Waals surface area contributed by atoms with Gasteiger partial charge in [0.15, 0.2) is 5.65 Å². The third-order valence-corrected chi connectivity index (χ3v) is 4.96. The zero-order chi connectivity index (χ0) is 19.4. The minimum Gasteiger partial charge on any atom is -0.361 e. The Balaban J connectivity index is 0.00000102. The van der Waals surface area contributed by atoms with Crippen molar-refractivity contribution < 1.29 is 0 Å². The van der Waals surface area contributed by atoms with E-state index in [4.69, 9.17) is 5.26 Å². The molecular weight excluding hydrogens is 356 g/mol. The molecule has 1 aromatic carbocycles. The molecule has 4 aromatic rings. The summed E-state index contributed by atoms with van der Waals surface area (Å²) < 4.78 is 5.05. The monoisotopic (exact) mass is 378 g/mol. The Kier molecular flexibility index (Phi) is 5.79. The fraction of sp³-hybridized carbons (Fsp3) is 0.250. The molecule has 3 heterocycles. The van der Waals surface area contributed by atoms with Crippen molar-refractivity contribution in [1.82, 2.24) is 24.5 Å². The molecule has 2 N–H and O–H groups in total. The number of rotatable bonds is 4. The van der Waals surface area contributed by atoms with E-state index < -0.39 is 0 Å². The van der Waals surface area contributed by atoms with Gasteiger partial charge in [0, 0.05) is 33.6 Å². The van der Waals surface area contributed by atoms with E-state index in [0.29, 0.717) is 17.9 Å².